The van der Waals surface area contributed by atoms with Gasteiger partial charge in [-0.15, -0.1) is 0 Å². The molecular formula is C22H25NO4. The van der Waals surface area contributed by atoms with E-state index in [4.69, 9.17) is 9.47 Å². The number of pyridine rings is 1. The zero-order valence-corrected chi connectivity index (χ0v) is 15.8. The standard InChI is InChI=1S/C22H25NO4/c1-17(16-26-10-11-27-22(25)13-18(2)24)12-19-5-7-20(8-6-19)14-21-4-3-9-23-15-21/h3-9,12,15H,10-11,13-14,16H2,1-2H3. The van der Waals surface area contributed by atoms with Gasteiger partial charge in [-0.05, 0) is 48.6 Å². The molecule has 0 bridgehead atoms. The summed E-state index contributed by atoms with van der Waals surface area (Å²) in [6.45, 7) is 4.27. The van der Waals surface area contributed by atoms with Crippen molar-refractivity contribution in [2.75, 3.05) is 19.8 Å². The van der Waals surface area contributed by atoms with Crippen molar-refractivity contribution < 1.29 is 19.1 Å². The molecule has 1 heterocycles. The number of rotatable bonds is 10. The lowest BCUT2D eigenvalue weighted by molar-refractivity contribution is -0.147. The first-order valence-corrected chi connectivity index (χ1v) is 8.91. The first-order valence-electron chi connectivity index (χ1n) is 8.91. The van der Waals surface area contributed by atoms with Crippen molar-refractivity contribution in [3.05, 3.63) is 71.1 Å². The van der Waals surface area contributed by atoms with Crippen LogP contribution in [0.15, 0.2) is 54.4 Å². The molecule has 0 unspecified atom stereocenters. The van der Waals surface area contributed by atoms with E-state index < -0.39 is 5.97 Å². The molecule has 2 rings (SSSR count). The molecule has 142 valence electrons. The molecule has 0 amide bonds. The van der Waals surface area contributed by atoms with Crippen LogP contribution in [0.25, 0.3) is 6.08 Å². The van der Waals surface area contributed by atoms with Crippen LogP contribution in [-0.4, -0.2) is 36.6 Å². The number of nitrogens with zero attached hydrogens (tertiary/aromatic N) is 1. The van der Waals surface area contributed by atoms with E-state index in [2.05, 4.69) is 41.4 Å². The number of carbonyl (C=O) groups excluding carboxylic acids is 2. The maximum absolute atomic E-state index is 11.2. The largest absolute Gasteiger partial charge is 0.463 e. The maximum atomic E-state index is 11.2. The summed E-state index contributed by atoms with van der Waals surface area (Å²) in [5.41, 5.74) is 4.61. The fourth-order valence-corrected chi connectivity index (χ4v) is 2.50. The van der Waals surface area contributed by atoms with Crippen LogP contribution >= 0.6 is 0 Å². The molecule has 0 atom stereocenters. The number of esters is 1. The van der Waals surface area contributed by atoms with Crippen molar-refractivity contribution in [3.8, 4) is 0 Å². The third-order valence-electron chi connectivity index (χ3n) is 3.74. The molecule has 0 aliphatic rings. The zero-order valence-electron chi connectivity index (χ0n) is 15.8. The van der Waals surface area contributed by atoms with E-state index in [1.54, 1.807) is 6.20 Å². The minimum atomic E-state index is -0.510. The monoisotopic (exact) mass is 367 g/mol. The van der Waals surface area contributed by atoms with E-state index in [0.717, 1.165) is 17.6 Å². The van der Waals surface area contributed by atoms with Crippen molar-refractivity contribution >= 4 is 17.8 Å². The van der Waals surface area contributed by atoms with Crippen LogP contribution in [0.3, 0.4) is 0 Å². The van der Waals surface area contributed by atoms with Crippen molar-refractivity contribution in [1.29, 1.82) is 0 Å². The second-order valence-electron chi connectivity index (χ2n) is 6.42. The topological polar surface area (TPSA) is 65.5 Å². The minimum absolute atomic E-state index is 0.155. The Hall–Kier alpha value is -2.79. The summed E-state index contributed by atoms with van der Waals surface area (Å²) in [4.78, 5) is 26.1. The van der Waals surface area contributed by atoms with E-state index >= 15 is 0 Å². The predicted molar refractivity (Wildman–Crippen MR) is 104 cm³/mol. The summed E-state index contributed by atoms with van der Waals surface area (Å²) in [5.74, 6) is -0.712. The fraction of sp³-hybridized carbons (Fsp3) is 0.318. The summed E-state index contributed by atoms with van der Waals surface area (Å²) in [5, 5.41) is 0. The number of Topliss-reactive ketones (excluding diaryl/α,β-unsaturated/α-hetero) is 1. The average molecular weight is 367 g/mol. The van der Waals surface area contributed by atoms with Gasteiger partial charge in [0.15, 0.2) is 0 Å². The van der Waals surface area contributed by atoms with Crippen LogP contribution in [0.5, 0.6) is 0 Å². The van der Waals surface area contributed by atoms with Gasteiger partial charge in [0.25, 0.3) is 0 Å². The van der Waals surface area contributed by atoms with Crippen LogP contribution in [0, 0.1) is 0 Å². The fourth-order valence-electron chi connectivity index (χ4n) is 2.50. The third-order valence-corrected chi connectivity index (χ3v) is 3.74. The predicted octanol–water partition coefficient (Wildman–Crippen LogP) is 3.61. The second kappa shape index (κ2) is 11.0. The highest BCUT2D eigenvalue weighted by atomic mass is 16.6. The van der Waals surface area contributed by atoms with E-state index in [-0.39, 0.29) is 18.8 Å². The molecule has 0 aliphatic heterocycles. The van der Waals surface area contributed by atoms with Crippen LogP contribution < -0.4 is 0 Å². The van der Waals surface area contributed by atoms with E-state index in [1.165, 1.54) is 18.1 Å². The van der Waals surface area contributed by atoms with Gasteiger partial charge in [-0.3, -0.25) is 14.6 Å². The molecule has 0 saturated heterocycles. The highest BCUT2D eigenvalue weighted by Gasteiger charge is 2.05. The van der Waals surface area contributed by atoms with Crippen molar-refractivity contribution in [2.24, 2.45) is 0 Å². The lowest BCUT2D eigenvalue weighted by Gasteiger charge is -2.06. The van der Waals surface area contributed by atoms with Crippen LogP contribution in [0.2, 0.25) is 0 Å². The summed E-state index contributed by atoms with van der Waals surface area (Å²) in [7, 11) is 0. The van der Waals surface area contributed by atoms with Gasteiger partial charge in [-0.2, -0.15) is 0 Å². The van der Waals surface area contributed by atoms with Crippen molar-refractivity contribution in [1.82, 2.24) is 4.98 Å². The molecular weight excluding hydrogens is 342 g/mol. The van der Waals surface area contributed by atoms with Gasteiger partial charge < -0.3 is 9.47 Å². The molecule has 0 saturated carbocycles. The normalized spacial score (nSPS) is 11.3. The summed E-state index contributed by atoms with van der Waals surface area (Å²) < 4.78 is 10.4. The Bertz CT molecular complexity index is 767. The number of benzene rings is 1. The van der Waals surface area contributed by atoms with Gasteiger partial charge in [-0.1, -0.05) is 36.4 Å². The molecule has 5 heteroatoms. The van der Waals surface area contributed by atoms with Crippen LogP contribution in [0.4, 0.5) is 0 Å². The Balaban J connectivity index is 1.72. The first kappa shape index (κ1) is 20.5. The van der Waals surface area contributed by atoms with Gasteiger partial charge in [-0.25, -0.2) is 0 Å². The van der Waals surface area contributed by atoms with Gasteiger partial charge in [0.2, 0.25) is 0 Å². The highest BCUT2D eigenvalue weighted by molar-refractivity contribution is 5.94. The number of hydrogen-bond acceptors (Lipinski definition) is 5. The molecule has 1 aromatic carbocycles. The minimum Gasteiger partial charge on any atom is -0.463 e. The Kier molecular flexibility index (Phi) is 8.39. The molecule has 0 fully saturated rings. The van der Waals surface area contributed by atoms with Gasteiger partial charge >= 0.3 is 5.97 Å². The smallest absolute Gasteiger partial charge is 0.313 e. The first-order chi connectivity index (χ1) is 13.0. The van der Waals surface area contributed by atoms with E-state index in [0.29, 0.717) is 13.2 Å². The maximum Gasteiger partial charge on any atom is 0.313 e. The number of aromatic nitrogens is 1. The average Bonchev–Trinajstić information content (AvgIpc) is 2.63. The quantitative estimate of drug-likeness (QED) is 0.365. The second-order valence-corrected chi connectivity index (χ2v) is 6.42. The summed E-state index contributed by atoms with van der Waals surface area (Å²) in [6.07, 6.45) is 6.40. The Morgan fingerprint density at radius 1 is 1.04 bits per heavy atom. The molecule has 5 nitrogen and oxygen atoms in total. The van der Waals surface area contributed by atoms with Gasteiger partial charge in [0.05, 0.1) is 13.2 Å². The lowest BCUT2D eigenvalue weighted by Crippen LogP contribution is -2.13. The Morgan fingerprint density at radius 3 is 2.48 bits per heavy atom. The molecule has 2 aromatic rings. The van der Waals surface area contributed by atoms with Gasteiger partial charge in [0.1, 0.15) is 18.8 Å². The highest BCUT2D eigenvalue weighted by Crippen LogP contribution is 2.12. The zero-order chi connectivity index (χ0) is 19.5. The van der Waals surface area contributed by atoms with E-state index in [9.17, 15) is 9.59 Å². The van der Waals surface area contributed by atoms with E-state index in [1.807, 2.05) is 19.2 Å². The van der Waals surface area contributed by atoms with Crippen LogP contribution in [-0.2, 0) is 25.5 Å². The van der Waals surface area contributed by atoms with Crippen LogP contribution in [0.1, 0.15) is 37.0 Å². The summed E-state index contributed by atoms with van der Waals surface area (Å²) in [6, 6.07) is 12.4. The molecule has 27 heavy (non-hydrogen) atoms. The number of hydrogen-bond donors (Lipinski definition) is 0. The Labute approximate surface area is 160 Å². The van der Waals surface area contributed by atoms with Gasteiger partial charge in [0, 0.05) is 12.4 Å². The molecule has 0 N–H and O–H groups in total. The lowest BCUT2D eigenvalue weighted by atomic mass is 10.0. The number of ether oxygens (including phenoxy) is 2. The number of carbonyl (C=O) groups is 2. The van der Waals surface area contributed by atoms with Crippen molar-refractivity contribution in [2.45, 2.75) is 26.7 Å². The molecule has 1 aromatic heterocycles. The SMILES string of the molecule is CC(=O)CC(=O)OCCOCC(C)=Cc1ccc(Cc2cccnc2)cc1. The van der Waals surface area contributed by atoms with Crippen molar-refractivity contribution in [3.63, 3.8) is 0 Å². The number of ketones is 1. The third kappa shape index (κ3) is 8.42. The summed E-state index contributed by atoms with van der Waals surface area (Å²) >= 11 is 0. The molecule has 0 radical (unpaired) electrons. The Morgan fingerprint density at radius 2 is 1.81 bits per heavy atom. The molecule has 0 aliphatic carbocycles. The molecule has 0 spiro atoms.